The molecular formula is C21H16ClN3O5S. The number of amides is 3. The zero-order valence-corrected chi connectivity index (χ0v) is 17.6. The number of non-ortho nitro benzene ring substituents is 1. The minimum absolute atomic E-state index is 0.0268. The second-order valence-electron chi connectivity index (χ2n) is 6.36. The summed E-state index contributed by atoms with van der Waals surface area (Å²) in [4.78, 5) is 48.2. The van der Waals surface area contributed by atoms with Crippen molar-refractivity contribution in [1.82, 2.24) is 10.2 Å². The zero-order chi connectivity index (χ0) is 22.4. The second-order valence-corrected chi connectivity index (χ2v) is 7.79. The first kappa shape index (κ1) is 22.3. The van der Waals surface area contributed by atoms with E-state index >= 15 is 0 Å². The molecule has 1 N–H and O–H groups in total. The standard InChI is InChI=1S/C21H16ClN3O5S/c22-16-7-4-15(5-8-16)13-18-20(27)24(21(28)31-18)11-10-23-19(26)9-6-14-2-1-3-17(12-14)25(29)30/h1-9,12-13H,10-11H2,(H,23,26). The van der Waals surface area contributed by atoms with Crippen molar-refractivity contribution in [3.05, 3.63) is 85.8 Å². The van der Waals surface area contributed by atoms with Crippen LogP contribution in [0.5, 0.6) is 0 Å². The Balaban J connectivity index is 1.53. The number of nitro benzene ring substituents is 1. The summed E-state index contributed by atoms with van der Waals surface area (Å²) in [6.45, 7) is 0.101. The van der Waals surface area contributed by atoms with Crippen LogP contribution in [-0.2, 0) is 9.59 Å². The number of carbonyl (C=O) groups excluding carboxylic acids is 3. The zero-order valence-electron chi connectivity index (χ0n) is 16.0. The van der Waals surface area contributed by atoms with Gasteiger partial charge >= 0.3 is 0 Å². The number of nitro groups is 1. The van der Waals surface area contributed by atoms with Crippen molar-refractivity contribution in [1.29, 1.82) is 0 Å². The van der Waals surface area contributed by atoms with Crippen LogP contribution in [0.1, 0.15) is 11.1 Å². The third kappa shape index (κ3) is 6.03. The van der Waals surface area contributed by atoms with Crippen LogP contribution in [0.4, 0.5) is 10.5 Å². The van der Waals surface area contributed by atoms with Gasteiger partial charge in [-0.05, 0) is 47.2 Å². The van der Waals surface area contributed by atoms with E-state index in [0.29, 0.717) is 15.5 Å². The molecule has 1 fully saturated rings. The summed E-state index contributed by atoms with van der Waals surface area (Å²) in [5.74, 6) is -0.874. The van der Waals surface area contributed by atoms with Crippen LogP contribution >= 0.6 is 23.4 Å². The number of halogens is 1. The third-order valence-corrected chi connectivity index (χ3v) is 5.34. The molecule has 0 unspecified atom stereocenters. The number of thioether (sulfide) groups is 1. The van der Waals surface area contributed by atoms with Gasteiger partial charge in [-0.1, -0.05) is 35.9 Å². The third-order valence-electron chi connectivity index (χ3n) is 4.18. The molecule has 3 amide bonds. The number of imide groups is 1. The molecule has 8 nitrogen and oxygen atoms in total. The SMILES string of the molecule is O=C(C=Cc1cccc([N+](=O)[O-])c1)NCCN1C(=O)SC(=Cc2ccc(Cl)cc2)C1=O. The van der Waals surface area contributed by atoms with E-state index in [4.69, 9.17) is 11.6 Å². The van der Waals surface area contributed by atoms with Crippen molar-refractivity contribution in [3.63, 3.8) is 0 Å². The molecule has 0 aliphatic carbocycles. The van der Waals surface area contributed by atoms with Gasteiger partial charge in [-0.3, -0.25) is 29.4 Å². The summed E-state index contributed by atoms with van der Waals surface area (Å²) in [5, 5.41) is 13.5. The number of nitrogens with one attached hydrogen (secondary N) is 1. The summed E-state index contributed by atoms with van der Waals surface area (Å²) in [6.07, 6.45) is 4.28. The molecule has 3 rings (SSSR count). The highest BCUT2D eigenvalue weighted by molar-refractivity contribution is 8.18. The van der Waals surface area contributed by atoms with Gasteiger partial charge in [0.2, 0.25) is 5.91 Å². The van der Waals surface area contributed by atoms with Gasteiger partial charge in [-0.25, -0.2) is 0 Å². The van der Waals surface area contributed by atoms with Gasteiger partial charge in [0.1, 0.15) is 0 Å². The summed E-state index contributed by atoms with van der Waals surface area (Å²) in [7, 11) is 0. The van der Waals surface area contributed by atoms with Crippen molar-refractivity contribution in [2.24, 2.45) is 0 Å². The predicted molar refractivity (Wildman–Crippen MR) is 119 cm³/mol. The van der Waals surface area contributed by atoms with Crippen LogP contribution < -0.4 is 5.32 Å². The highest BCUT2D eigenvalue weighted by Crippen LogP contribution is 2.32. The number of hydrogen-bond acceptors (Lipinski definition) is 6. The molecule has 10 heteroatoms. The number of rotatable bonds is 7. The Morgan fingerprint density at radius 1 is 1.16 bits per heavy atom. The number of carbonyl (C=O) groups is 3. The Kier molecular flexibility index (Phi) is 7.22. The highest BCUT2D eigenvalue weighted by atomic mass is 35.5. The van der Waals surface area contributed by atoms with E-state index in [1.54, 1.807) is 36.4 Å². The minimum atomic E-state index is -0.519. The maximum Gasteiger partial charge on any atom is 0.293 e. The number of hydrogen-bond donors (Lipinski definition) is 1. The summed E-state index contributed by atoms with van der Waals surface area (Å²) >= 11 is 6.68. The quantitative estimate of drug-likeness (QED) is 0.380. The van der Waals surface area contributed by atoms with Crippen LogP contribution in [0.25, 0.3) is 12.2 Å². The minimum Gasteiger partial charge on any atom is -0.351 e. The van der Waals surface area contributed by atoms with Crippen molar-refractivity contribution in [2.75, 3.05) is 13.1 Å². The average Bonchev–Trinajstić information content (AvgIpc) is 3.01. The summed E-state index contributed by atoms with van der Waals surface area (Å²) in [6, 6.07) is 12.7. The van der Waals surface area contributed by atoms with Crippen molar-refractivity contribution >= 4 is 58.3 Å². The number of benzene rings is 2. The molecule has 0 saturated carbocycles. The fraction of sp³-hybridized carbons (Fsp3) is 0.0952. The lowest BCUT2D eigenvalue weighted by Gasteiger charge is -2.12. The van der Waals surface area contributed by atoms with E-state index in [1.807, 2.05) is 0 Å². The van der Waals surface area contributed by atoms with Crippen LogP contribution in [0.15, 0.2) is 59.5 Å². The Morgan fingerprint density at radius 3 is 2.61 bits per heavy atom. The summed E-state index contributed by atoms with van der Waals surface area (Å²) in [5.41, 5.74) is 1.17. The largest absolute Gasteiger partial charge is 0.351 e. The first-order chi connectivity index (χ1) is 14.8. The Labute approximate surface area is 186 Å². The fourth-order valence-corrected chi connectivity index (χ4v) is 3.66. The monoisotopic (exact) mass is 457 g/mol. The van der Waals surface area contributed by atoms with Gasteiger partial charge in [-0.2, -0.15) is 0 Å². The van der Waals surface area contributed by atoms with Crippen LogP contribution in [0.3, 0.4) is 0 Å². The number of nitrogens with zero attached hydrogens (tertiary/aromatic N) is 2. The molecule has 2 aromatic carbocycles. The lowest BCUT2D eigenvalue weighted by Crippen LogP contribution is -2.36. The molecule has 31 heavy (non-hydrogen) atoms. The van der Waals surface area contributed by atoms with Gasteiger partial charge in [0.25, 0.3) is 16.8 Å². The van der Waals surface area contributed by atoms with Crippen LogP contribution in [0, 0.1) is 10.1 Å². The van der Waals surface area contributed by atoms with Gasteiger partial charge in [0.15, 0.2) is 0 Å². The molecule has 2 aromatic rings. The second kappa shape index (κ2) is 10.1. The lowest BCUT2D eigenvalue weighted by molar-refractivity contribution is -0.384. The molecule has 1 aliphatic rings. The Hall–Kier alpha value is -3.43. The fourth-order valence-electron chi connectivity index (χ4n) is 2.67. The normalized spacial score (nSPS) is 15.1. The van der Waals surface area contributed by atoms with E-state index in [1.165, 1.54) is 30.4 Å². The molecule has 0 aromatic heterocycles. The van der Waals surface area contributed by atoms with E-state index in [0.717, 1.165) is 22.2 Å². The molecular weight excluding hydrogens is 442 g/mol. The van der Waals surface area contributed by atoms with Crippen molar-refractivity contribution in [3.8, 4) is 0 Å². The van der Waals surface area contributed by atoms with Crippen LogP contribution in [-0.4, -0.2) is 40.0 Å². The highest BCUT2D eigenvalue weighted by Gasteiger charge is 2.34. The van der Waals surface area contributed by atoms with Crippen molar-refractivity contribution in [2.45, 2.75) is 0 Å². The van der Waals surface area contributed by atoms with Crippen LogP contribution in [0.2, 0.25) is 5.02 Å². The molecule has 1 saturated heterocycles. The molecule has 158 valence electrons. The topological polar surface area (TPSA) is 110 Å². The molecule has 0 bridgehead atoms. The maximum absolute atomic E-state index is 12.5. The Morgan fingerprint density at radius 2 is 1.90 bits per heavy atom. The molecule has 0 radical (unpaired) electrons. The van der Waals surface area contributed by atoms with E-state index in [2.05, 4.69) is 5.32 Å². The van der Waals surface area contributed by atoms with Gasteiger partial charge in [0, 0.05) is 36.3 Å². The average molecular weight is 458 g/mol. The molecule has 1 heterocycles. The molecule has 0 spiro atoms. The first-order valence-corrected chi connectivity index (χ1v) is 10.2. The van der Waals surface area contributed by atoms with Gasteiger partial charge in [-0.15, -0.1) is 0 Å². The first-order valence-electron chi connectivity index (χ1n) is 9.05. The van der Waals surface area contributed by atoms with E-state index in [9.17, 15) is 24.5 Å². The van der Waals surface area contributed by atoms with E-state index in [-0.39, 0.29) is 18.8 Å². The maximum atomic E-state index is 12.5. The molecule has 0 atom stereocenters. The Bertz CT molecular complexity index is 1100. The van der Waals surface area contributed by atoms with E-state index < -0.39 is 22.0 Å². The summed E-state index contributed by atoms with van der Waals surface area (Å²) < 4.78 is 0. The predicted octanol–water partition coefficient (Wildman–Crippen LogP) is 4.11. The molecule has 1 aliphatic heterocycles. The van der Waals surface area contributed by atoms with Crippen molar-refractivity contribution < 1.29 is 19.3 Å². The lowest BCUT2D eigenvalue weighted by atomic mass is 10.2. The van der Waals surface area contributed by atoms with Gasteiger partial charge in [0.05, 0.1) is 9.83 Å². The smallest absolute Gasteiger partial charge is 0.293 e. The van der Waals surface area contributed by atoms with Gasteiger partial charge < -0.3 is 5.32 Å².